The molecule has 2 saturated carbocycles. The SMILES string of the molecule is CCOC1CC(NC2CCCc3sccc32)C12CCCC2. The number of ether oxygens (including phenoxy) is 1. The fourth-order valence-electron chi connectivity index (χ4n) is 5.02. The van der Waals surface area contributed by atoms with Crippen molar-refractivity contribution in [1.29, 1.82) is 0 Å². The van der Waals surface area contributed by atoms with Crippen molar-refractivity contribution in [2.24, 2.45) is 5.41 Å². The third kappa shape index (κ3) is 2.29. The first kappa shape index (κ1) is 14.2. The predicted molar refractivity (Wildman–Crippen MR) is 87.9 cm³/mol. The molecule has 3 heteroatoms. The van der Waals surface area contributed by atoms with Gasteiger partial charge in [0, 0.05) is 29.0 Å². The molecule has 3 atom stereocenters. The van der Waals surface area contributed by atoms with Gasteiger partial charge in [0.25, 0.3) is 0 Å². The average Bonchev–Trinajstić information content (AvgIpc) is 3.16. The highest BCUT2D eigenvalue weighted by atomic mass is 32.1. The molecule has 0 aliphatic heterocycles. The van der Waals surface area contributed by atoms with Crippen LogP contribution in [0.4, 0.5) is 0 Å². The minimum absolute atomic E-state index is 0.462. The lowest BCUT2D eigenvalue weighted by Gasteiger charge is -2.55. The second-order valence-electron chi connectivity index (χ2n) is 7.08. The first-order valence-electron chi connectivity index (χ1n) is 8.77. The van der Waals surface area contributed by atoms with Gasteiger partial charge in [-0.15, -0.1) is 11.3 Å². The van der Waals surface area contributed by atoms with Crippen LogP contribution < -0.4 is 5.32 Å². The first-order chi connectivity index (χ1) is 10.3. The Morgan fingerprint density at radius 3 is 3.00 bits per heavy atom. The normalized spacial score (nSPS) is 33.9. The largest absolute Gasteiger partial charge is 0.378 e. The van der Waals surface area contributed by atoms with Gasteiger partial charge in [0.05, 0.1) is 6.10 Å². The summed E-state index contributed by atoms with van der Waals surface area (Å²) in [6.45, 7) is 3.01. The van der Waals surface area contributed by atoms with Gasteiger partial charge in [-0.05, 0) is 62.5 Å². The Balaban J connectivity index is 1.49. The third-order valence-electron chi connectivity index (χ3n) is 6.14. The highest BCUT2D eigenvalue weighted by molar-refractivity contribution is 7.10. The van der Waals surface area contributed by atoms with Crippen LogP contribution in [0.1, 0.15) is 68.4 Å². The maximum atomic E-state index is 6.05. The lowest BCUT2D eigenvalue weighted by atomic mass is 9.60. The summed E-state index contributed by atoms with van der Waals surface area (Å²) in [5, 5.41) is 6.32. The number of hydrogen-bond acceptors (Lipinski definition) is 3. The smallest absolute Gasteiger partial charge is 0.0661 e. The van der Waals surface area contributed by atoms with Gasteiger partial charge in [0.2, 0.25) is 0 Å². The van der Waals surface area contributed by atoms with Crippen LogP contribution in [-0.4, -0.2) is 18.8 Å². The lowest BCUT2D eigenvalue weighted by molar-refractivity contribution is -0.133. The Hall–Kier alpha value is -0.380. The summed E-state index contributed by atoms with van der Waals surface area (Å²) < 4.78 is 6.05. The van der Waals surface area contributed by atoms with Gasteiger partial charge in [0.1, 0.15) is 0 Å². The van der Waals surface area contributed by atoms with Crippen LogP contribution in [0.15, 0.2) is 11.4 Å². The number of fused-ring (bicyclic) bond motifs is 1. The Labute approximate surface area is 132 Å². The summed E-state index contributed by atoms with van der Waals surface area (Å²) in [5.41, 5.74) is 2.06. The molecule has 0 amide bonds. The Kier molecular flexibility index (Phi) is 3.85. The van der Waals surface area contributed by atoms with Crippen molar-refractivity contribution in [3.8, 4) is 0 Å². The van der Waals surface area contributed by atoms with Crippen molar-refractivity contribution in [2.45, 2.75) is 76.5 Å². The lowest BCUT2D eigenvalue weighted by Crippen LogP contribution is -2.63. The summed E-state index contributed by atoms with van der Waals surface area (Å²) in [6.07, 6.45) is 11.2. The molecular weight excluding hydrogens is 278 g/mol. The molecule has 1 aromatic rings. The fourth-order valence-corrected chi connectivity index (χ4v) is 6.01. The molecule has 0 saturated heterocycles. The van der Waals surface area contributed by atoms with Crippen LogP contribution in [0.3, 0.4) is 0 Å². The van der Waals surface area contributed by atoms with Crippen LogP contribution in [-0.2, 0) is 11.2 Å². The van der Waals surface area contributed by atoms with Crippen LogP contribution in [0.2, 0.25) is 0 Å². The molecule has 4 rings (SSSR count). The van der Waals surface area contributed by atoms with E-state index < -0.39 is 0 Å². The molecule has 0 radical (unpaired) electrons. The van der Waals surface area contributed by atoms with E-state index in [4.69, 9.17) is 4.74 Å². The van der Waals surface area contributed by atoms with Crippen molar-refractivity contribution in [2.75, 3.05) is 6.61 Å². The molecule has 3 aliphatic rings. The maximum Gasteiger partial charge on any atom is 0.0661 e. The Morgan fingerprint density at radius 1 is 1.33 bits per heavy atom. The van der Waals surface area contributed by atoms with Crippen LogP contribution in [0.5, 0.6) is 0 Å². The summed E-state index contributed by atoms with van der Waals surface area (Å²) in [4.78, 5) is 1.62. The molecule has 1 N–H and O–H groups in total. The minimum Gasteiger partial charge on any atom is -0.378 e. The van der Waals surface area contributed by atoms with Crippen molar-refractivity contribution < 1.29 is 4.74 Å². The molecular formula is C18H27NOS. The number of rotatable bonds is 4. The van der Waals surface area contributed by atoms with Crippen LogP contribution >= 0.6 is 11.3 Å². The Morgan fingerprint density at radius 2 is 2.19 bits per heavy atom. The van der Waals surface area contributed by atoms with E-state index in [9.17, 15) is 0 Å². The summed E-state index contributed by atoms with van der Waals surface area (Å²) >= 11 is 1.95. The number of aryl methyl sites for hydroxylation is 1. The van der Waals surface area contributed by atoms with E-state index in [-0.39, 0.29) is 0 Å². The van der Waals surface area contributed by atoms with E-state index in [1.807, 2.05) is 11.3 Å². The highest BCUT2D eigenvalue weighted by Gasteiger charge is 2.56. The van der Waals surface area contributed by atoms with E-state index in [1.54, 1.807) is 10.4 Å². The maximum absolute atomic E-state index is 6.05. The second-order valence-corrected chi connectivity index (χ2v) is 8.08. The second kappa shape index (κ2) is 5.68. The topological polar surface area (TPSA) is 21.3 Å². The van der Waals surface area contributed by atoms with Gasteiger partial charge in [-0.3, -0.25) is 0 Å². The van der Waals surface area contributed by atoms with Gasteiger partial charge in [-0.25, -0.2) is 0 Å². The quantitative estimate of drug-likeness (QED) is 0.887. The van der Waals surface area contributed by atoms with Gasteiger partial charge in [-0.2, -0.15) is 0 Å². The van der Waals surface area contributed by atoms with Gasteiger partial charge >= 0.3 is 0 Å². The first-order valence-corrected chi connectivity index (χ1v) is 9.65. The molecule has 116 valence electrons. The molecule has 0 bridgehead atoms. The average molecular weight is 305 g/mol. The zero-order chi connectivity index (χ0) is 14.3. The van der Waals surface area contributed by atoms with Gasteiger partial charge < -0.3 is 10.1 Å². The molecule has 2 fully saturated rings. The molecule has 3 unspecified atom stereocenters. The summed E-state index contributed by atoms with van der Waals surface area (Å²) in [7, 11) is 0. The standard InChI is InChI=1S/C18H27NOS/c1-2-20-17-12-16(18(17)9-3-4-10-18)19-14-6-5-7-15-13(14)8-11-21-15/h8,11,14,16-17,19H,2-7,9-10,12H2,1H3. The number of nitrogens with one attached hydrogen (secondary N) is 1. The molecule has 2 nitrogen and oxygen atoms in total. The molecule has 3 aliphatic carbocycles. The zero-order valence-corrected chi connectivity index (χ0v) is 13.9. The molecule has 21 heavy (non-hydrogen) atoms. The fraction of sp³-hybridized carbons (Fsp3) is 0.778. The highest BCUT2D eigenvalue weighted by Crippen LogP contribution is 2.55. The van der Waals surface area contributed by atoms with Crippen molar-refractivity contribution in [1.82, 2.24) is 5.32 Å². The summed E-state index contributed by atoms with van der Waals surface area (Å²) in [6, 6.07) is 3.65. The van der Waals surface area contributed by atoms with Gasteiger partial charge in [0.15, 0.2) is 0 Å². The van der Waals surface area contributed by atoms with Gasteiger partial charge in [-0.1, -0.05) is 12.8 Å². The summed E-state index contributed by atoms with van der Waals surface area (Å²) in [5.74, 6) is 0. The predicted octanol–water partition coefficient (Wildman–Crippen LogP) is 4.45. The van der Waals surface area contributed by atoms with E-state index >= 15 is 0 Å². The van der Waals surface area contributed by atoms with Crippen molar-refractivity contribution in [3.63, 3.8) is 0 Å². The number of thiophene rings is 1. The van der Waals surface area contributed by atoms with Crippen LogP contribution in [0.25, 0.3) is 0 Å². The van der Waals surface area contributed by atoms with E-state index in [0.29, 0.717) is 23.6 Å². The van der Waals surface area contributed by atoms with Crippen LogP contribution in [0, 0.1) is 5.41 Å². The van der Waals surface area contributed by atoms with E-state index in [0.717, 1.165) is 6.61 Å². The minimum atomic E-state index is 0.462. The monoisotopic (exact) mass is 305 g/mol. The Bertz CT molecular complexity index is 491. The van der Waals surface area contributed by atoms with E-state index in [1.165, 1.54) is 51.4 Å². The molecule has 0 aromatic carbocycles. The molecule has 1 aromatic heterocycles. The molecule has 1 spiro atoms. The van der Waals surface area contributed by atoms with Crippen molar-refractivity contribution >= 4 is 11.3 Å². The zero-order valence-electron chi connectivity index (χ0n) is 13.1. The number of hydrogen-bond donors (Lipinski definition) is 1. The third-order valence-corrected chi connectivity index (χ3v) is 7.14. The van der Waals surface area contributed by atoms with E-state index in [2.05, 4.69) is 23.7 Å². The molecule has 1 heterocycles. The van der Waals surface area contributed by atoms with Crippen molar-refractivity contribution in [3.05, 3.63) is 21.9 Å².